The molecular weight excluding hydrogens is 278 g/mol. The summed E-state index contributed by atoms with van der Waals surface area (Å²) in [6.07, 6.45) is 0.663. The summed E-state index contributed by atoms with van der Waals surface area (Å²) in [5.41, 5.74) is 10.2. The molecule has 3 rings (SSSR count). The first kappa shape index (κ1) is 14.0. The Bertz CT molecular complexity index is 824. The molecule has 0 fully saturated rings. The van der Waals surface area contributed by atoms with Gasteiger partial charge in [-0.05, 0) is 36.2 Å². The van der Waals surface area contributed by atoms with E-state index in [1.807, 2.05) is 49.4 Å². The van der Waals surface area contributed by atoms with Crippen LogP contribution in [-0.2, 0) is 4.79 Å². The van der Waals surface area contributed by atoms with Gasteiger partial charge in [-0.3, -0.25) is 4.79 Å². The zero-order chi connectivity index (χ0) is 15.5. The Morgan fingerprint density at radius 2 is 2.14 bits per heavy atom. The third-order valence-corrected chi connectivity index (χ3v) is 3.48. The molecule has 0 saturated carbocycles. The van der Waals surface area contributed by atoms with Crippen LogP contribution in [0.4, 0.5) is 11.4 Å². The lowest BCUT2D eigenvalue weighted by Gasteiger charge is -2.08. The van der Waals surface area contributed by atoms with Crippen LogP contribution >= 0.6 is 0 Å². The van der Waals surface area contributed by atoms with Crippen molar-refractivity contribution in [2.75, 3.05) is 17.7 Å². The first-order chi connectivity index (χ1) is 10.7. The van der Waals surface area contributed by atoms with E-state index in [0.717, 1.165) is 22.0 Å². The average Bonchev–Trinajstić information content (AvgIpc) is 2.92. The van der Waals surface area contributed by atoms with Gasteiger partial charge in [0, 0.05) is 17.1 Å². The van der Waals surface area contributed by atoms with Gasteiger partial charge in [-0.15, -0.1) is 0 Å². The summed E-state index contributed by atoms with van der Waals surface area (Å²) >= 11 is 0. The molecule has 0 radical (unpaired) electrons. The lowest BCUT2D eigenvalue weighted by atomic mass is 10.0. The number of aromatic nitrogens is 1. The fourth-order valence-electron chi connectivity index (χ4n) is 2.57. The number of rotatable bonds is 5. The second-order valence-corrected chi connectivity index (χ2v) is 4.90. The molecule has 0 aliphatic rings. The van der Waals surface area contributed by atoms with E-state index >= 15 is 0 Å². The van der Waals surface area contributed by atoms with Gasteiger partial charge in [-0.1, -0.05) is 18.2 Å². The predicted octanol–water partition coefficient (Wildman–Crippen LogP) is 3.38. The third kappa shape index (κ3) is 2.48. The van der Waals surface area contributed by atoms with Crippen LogP contribution in [0.5, 0.6) is 5.88 Å². The SMILES string of the molecule is CCOc1cc2c(-c3cccc(N)c3)ccc(NC=O)c2[nH]1. The molecule has 3 aromatic rings. The Hall–Kier alpha value is -2.95. The number of benzene rings is 2. The zero-order valence-corrected chi connectivity index (χ0v) is 12.2. The number of amides is 1. The van der Waals surface area contributed by atoms with Crippen molar-refractivity contribution in [2.24, 2.45) is 0 Å². The Kier molecular flexibility index (Phi) is 3.70. The number of nitrogens with two attached hydrogens (primary N) is 1. The Labute approximate surface area is 128 Å². The summed E-state index contributed by atoms with van der Waals surface area (Å²) in [6, 6.07) is 13.5. The van der Waals surface area contributed by atoms with Crippen molar-refractivity contribution in [1.82, 2.24) is 4.98 Å². The largest absolute Gasteiger partial charge is 0.479 e. The van der Waals surface area contributed by atoms with Crippen molar-refractivity contribution >= 4 is 28.7 Å². The minimum absolute atomic E-state index is 0.566. The summed E-state index contributed by atoms with van der Waals surface area (Å²) in [7, 11) is 0. The van der Waals surface area contributed by atoms with Crippen molar-refractivity contribution in [3.05, 3.63) is 42.5 Å². The van der Waals surface area contributed by atoms with Crippen molar-refractivity contribution in [3.63, 3.8) is 0 Å². The van der Waals surface area contributed by atoms with E-state index in [0.29, 0.717) is 30.3 Å². The minimum Gasteiger partial charge on any atom is -0.479 e. The van der Waals surface area contributed by atoms with Crippen molar-refractivity contribution in [3.8, 4) is 17.0 Å². The van der Waals surface area contributed by atoms with Crippen molar-refractivity contribution < 1.29 is 9.53 Å². The van der Waals surface area contributed by atoms with E-state index in [1.54, 1.807) is 0 Å². The van der Waals surface area contributed by atoms with E-state index in [1.165, 1.54) is 0 Å². The molecule has 4 N–H and O–H groups in total. The summed E-state index contributed by atoms with van der Waals surface area (Å²) in [5.74, 6) is 0.669. The maximum Gasteiger partial charge on any atom is 0.211 e. The molecule has 0 atom stereocenters. The van der Waals surface area contributed by atoms with Crippen molar-refractivity contribution in [1.29, 1.82) is 0 Å². The first-order valence-electron chi connectivity index (χ1n) is 7.07. The molecule has 0 spiro atoms. The Morgan fingerprint density at radius 3 is 2.86 bits per heavy atom. The number of nitrogen functional groups attached to an aromatic ring is 1. The number of aromatic amines is 1. The highest BCUT2D eigenvalue weighted by atomic mass is 16.5. The molecule has 22 heavy (non-hydrogen) atoms. The molecule has 5 heteroatoms. The number of ether oxygens (including phenoxy) is 1. The molecule has 2 aromatic carbocycles. The highest BCUT2D eigenvalue weighted by Crippen LogP contribution is 2.36. The van der Waals surface area contributed by atoms with Crippen LogP contribution < -0.4 is 15.8 Å². The smallest absolute Gasteiger partial charge is 0.211 e. The number of carbonyl (C=O) groups is 1. The second kappa shape index (κ2) is 5.81. The molecular formula is C17H17N3O2. The molecule has 0 aliphatic carbocycles. The molecule has 0 saturated heterocycles. The van der Waals surface area contributed by atoms with E-state index < -0.39 is 0 Å². The summed E-state index contributed by atoms with van der Waals surface area (Å²) in [4.78, 5) is 14.0. The van der Waals surface area contributed by atoms with Gasteiger partial charge in [-0.2, -0.15) is 0 Å². The fourth-order valence-corrected chi connectivity index (χ4v) is 2.57. The number of nitrogens with one attached hydrogen (secondary N) is 2. The van der Waals surface area contributed by atoms with Gasteiger partial charge in [0.15, 0.2) is 5.88 Å². The van der Waals surface area contributed by atoms with Crippen LogP contribution in [0.1, 0.15) is 6.92 Å². The fraction of sp³-hybridized carbons (Fsp3) is 0.118. The summed E-state index contributed by atoms with van der Waals surface area (Å²) in [5, 5.41) is 3.68. The molecule has 0 aliphatic heterocycles. The number of fused-ring (bicyclic) bond motifs is 1. The summed E-state index contributed by atoms with van der Waals surface area (Å²) in [6.45, 7) is 2.49. The minimum atomic E-state index is 0.566. The quantitative estimate of drug-likeness (QED) is 0.498. The van der Waals surface area contributed by atoms with Gasteiger partial charge >= 0.3 is 0 Å². The maximum atomic E-state index is 10.8. The van der Waals surface area contributed by atoms with Gasteiger partial charge in [0.25, 0.3) is 0 Å². The maximum absolute atomic E-state index is 10.8. The molecule has 1 amide bonds. The normalized spacial score (nSPS) is 10.6. The molecule has 1 aromatic heterocycles. The molecule has 5 nitrogen and oxygen atoms in total. The highest BCUT2D eigenvalue weighted by molar-refractivity contribution is 6.04. The number of hydrogen-bond acceptors (Lipinski definition) is 3. The number of anilines is 2. The van der Waals surface area contributed by atoms with E-state index in [4.69, 9.17) is 10.5 Å². The lowest BCUT2D eigenvalue weighted by molar-refractivity contribution is -0.105. The number of carbonyl (C=O) groups excluding carboxylic acids is 1. The topological polar surface area (TPSA) is 80.1 Å². The van der Waals surface area contributed by atoms with E-state index in [9.17, 15) is 4.79 Å². The lowest BCUT2D eigenvalue weighted by Crippen LogP contribution is -1.95. The van der Waals surface area contributed by atoms with Crippen LogP contribution in [0.3, 0.4) is 0 Å². The summed E-state index contributed by atoms with van der Waals surface area (Å²) < 4.78 is 5.54. The van der Waals surface area contributed by atoms with Crippen LogP contribution in [0, 0.1) is 0 Å². The van der Waals surface area contributed by atoms with Crippen LogP contribution in [0.25, 0.3) is 22.0 Å². The van der Waals surface area contributed by atoms with Gasteiger partial charge in [0.2, 0.25) is 6.41 Å². The molecule has 0 unspecified atom stereocenters. The Balaban J connectivity index is 2.22. The monoisotopic (exact) mass is 295 g/mol. The van der Waals surface area contributed by atoms with Gasteiger partial charge < -0.3 is 20.8 Å². The van der Waals surface area contributed by atoms with Crippen LogP contribution in [-0.4, -0.2) is 18.0 Å². The van der Waals surface area contributed by atoms with Gasteiger partial charge in [0.05, 0.1) is 17.8 Å². The number of H-pyrrole nitrogens is 1. The van der Waals surface area contributed by atoms with Crippen LogP contribution in [0.15, 0.2) is 42.5 Å². The van der Waals surface area contributed by atoms with Gasteiger partial charge in [-0.25, -0.2) is 0 Å². The van der Waals surface area contributed by atoms with E-state index in [-0.39, 0.29) is 0 Å². The standard InChI is InChI=1S/C17H17N3O2/c1-2-22-16-9-14-13(11-4-3-5-12(18)8-11)6-7-15(19-10-21)17(14)20-16/h3-10,20H,2,18H2,1H3,(H,19,21). The third-order valence-electron chi connectivity index (χ3n) is 3.48. The first-order valence-corrected chi connectivity index (χ1v) is 7.07. The molecule has 112 valence electrons. The average molecular weight is 295 g/mol. The van der Waals surface area contributed by atoms with Crippen LogP contribution in [0.2, 0.25) is 0 Å². The molecule has 1 heterocycles. The number of hydrogen-bond donors (Lipinski definition) is 3. The van der Waals surface area contributed by atoms with Gasteiger partial charge in [0.1, 0.15) is 0 Å². The second-order valence-electron chi connectivity index (χ2n) is 4.90. The highest BCUT2D eigenvalue weighted by Gasteiger charge is 2.12. The van der Waals surface area contributed by atoms with E-state index in [2.05, 4.69) is 10.3 Å². The van der Waals surface area contributed by atoms with Crippen molar-refractivity contribution in [2.45, 2.75) is 6.92 Å². The molecule has 0 bridgehead atoms. The zero-order valence-electron chi connectivity index (χ0n) is 12.2. The Morgan fingerprint density at radius 1 is 1.27 bits per heavy atom. The predicted molar refractivity (Wildman–Crippen MR) is 89.0 cm³/mol.